The van der Waals surface area contributed by atoms with Crippen molar-refractivity contribution in [2.75, 3.05) is 18.1 Å². The maximum Gasteiger partial charge on any atom is 0.322 e. The van der Waals surface area contributed by atoms with Gasteiger partial charge in [-0.15, -0.1) is 0 Å². The van der Waals surface area contributed by atoms with Crippen LogP contribution in [-0.4, -0.2) is 44.2 Å². The van der Waals surface area contributed by atoms with E-state index in [4.69, 9.17) is 0 Å². The van der Waals surface area contributed by atoms with Gasteiger partial charge in [-0.2, -0.15) is 0 Å². The molecule has 3 rings (SSSR count). The van der Waals surface area contributed by atoms with Crippen LogP contribution in [0.3, 0.4) is 0 Å². The van der Waals surface area contributed by atoms with Crippen molar-refractivity contribution in [1.29, 1.82) is 0 Å². The third-order valence-corrected chi connectivity index (χ3v) is 5.01. The molecule has 0 aromatic heterocycles. The van der Waals surface area contributed by atoms with Crippen molar-refractivity contribution in [3.63, 3.8) is 0 Å². The normalized spacial score (nSPS) is 26.6. The van der Waals surface area contributed by atoms with Crippen LogP contribution in [0.25, 0.3) is 0 Å². The first-order chi connectivity index (χ1) is 10.7. The van der Waals surface area contributed by atoms with E-state index in [1.807, 2.05) is 0 Å². The molecule has 3 atom stereocenters. The summed E-state index contributed by atoms with van der Waals surface area (Å²) < 4.78 is 51.8. The molecule has 6 nitrogen and oxygen atoms in total. The molecule has 1 saturated carbocycles. The molecule has 1 aromatic rings. The molecular weight excluding hydrogens is 328 g/mol. The molecule has 1 heterocycles. The van der Waals surface area contributed by atoms with Crippen LogP contribution in [0.4, 0.5) is 19.3 Å². The highest BCUT2D eigenvalue weighted by atomic mass is 32.2. The molecule has 2 bridgehead atoms. The van der Waals surface area contributed by atoms with Gasteiger partial charge in [-0.25, -0.2) is 26.7 Å². The Bertz CT molecular complexity index is 741. The number of rotatable bonds is 3. The number of piperidine rings is 1. The number of nitrogens with zero attached hydrogens (tertiary/aromatic N) is 1. The second-order valence-corrected chi connectivity index (χ2v) is 7.89. The lowest BCUT2D eigenvalue weighted by atomic mass is 10.1. The minimum absolute atomic E-state index is 0.105. The monoisotopic (exact) mass is 345 g/mol. The first-order valence-corrected chi connectivity index (χ1v) is 9.12. The fourth-order valence-electron chi connectivity index (χ4n) is 3.44. The zero-order chi connectivity index (χ0) is 16.8. The summed E-state index contributed by atoms with van der Waals surface area (Å²) in [6.07, 6.45) is 2.48. The number of carbonyl (C=O) groups excluding carboxylic acids is 1. The topological polar surface area (TPSA) is 78.5 Å². The number of urea groups is 1. The van der Waals surface area contributed by atoms with Crippen LogP contribution in [0.2, 0.25) is 0 Å². The Balaban J connectivity index is 1.71. The van der Waals surface area contributed by atoms with Crippen molar-refractivity contribution < 1.29 is 22.0 Å². The van der Waals surface area contributed by atoms with Gasteiger partial charge in [-0.05, 0) is 30.9 Å². The van der Waals surface area contributed by atoms with Gasteiger partial charge in [-0.3, -0.25) is 0 Å². The summed E-state index contributed by atoms with van der Waals surface area (Å²) in [6, 6.07) is 1.82. The van der Waals surface area contributed by atoms with E-state index in [-0.39, 0.29) is 23.7 Å². The Morgan fingerprint density at radius 3 is 2.65 bits per heavy atom. The van der Waals surface area contributed by atoms with Gasteiger partial charge in [0, 0.05) is 18.7 Å². The van der Waals surface area contributed by atoms with Crippen LogP contribution in [0.15, 0.2) is 18.2 Å². The summed E-state index contributed by atoms with van der Waals surface area (Å²) in [4.78, 5) is 13.8. The minimum Gasteiger partial charge on any atom is -0.320 e. The van der Waals surface area contributed by atoms with Gasteiger partial charge in [0.15, 0.2) is 0 Å². The summed E-state index contributed by atoms with van der Waals surface area (Å²) in [6.45, 7) is 0.501. The maximum atomic E-state index is 13.6. The Hall–Kier alpha value is -1.74. The molecule has 126 valence electrons. The molecule has 2 aliphatic rings. The third-order valence-electron chi connectivity index (χ3n) is 4.28. The standard InChI is InChI=1S/C14H17F2N3O3S/c1-23(21,22)18-12-4-8-5-13(12)19(7-8)14(20)17-11-3-2-9(15)6-10(11)16/h2-3,6,8,12-13,18H,4-5,7H2,1H3,(H,17,20)/t8-,12+,13-/m1/s1. The van der Waals surface area contributed by atoms with Gasteiger partial charge in [0.1, 0.15) is 11.6 Å². The van der Waals surface area contributed by atoms with E-state index >= 15 is 0 Å². The second-order valence-electron chi connectivity index (χ2n) is 6.11. The fourth-order valence-corrected chi connectivity index (χ4v) is 4.24. The number of fused-ring (bicyclic) bond motifs is 2. The largest absolute Gasteiger partial charge is 0.322 e. The van der Waals surface area contributed by atoms with Crippen LogP contribution < -0.4 is 10.0 Å². The predicted octanol–water partition coefficient (Wildman–Crippen LogP) is 1.51. The molecule has 1 aliphatic heterocycles. The third kappa shape index (κ3) is 3.45. The number of halogens is 2. The molecule has 0 radical (unpaired) electrons. The van der Waals surface area contributed by atoms with Crippen LogP contribution in [0, 0.1) is 17.6 Å². The predicted molar refractivity (Wildman–Crippen MR) is 80.4 cm³/mol. The highest BCUT2D eigenvalue weighted by Gasteiger charge is 2.47. The Labute approximate surface area is 132 Å². The quantitative estimate of drug-likeness (QED) is 0.872. The van der Waals surface area contributed by atoms with Gasteiger partial charge in [0.25, 0.3) is 0 Å². The van der Waals surface area contributed by atoms with E-state index in [1.54, 1.807) is 0 Å². The average Bonchev–Trinajstić information content (AvgIpc) is 2.99. The Morgan fingerprint density at radius 2 is 2.04 bits per heavy atom. The lowest BCUT2D eigenvalue weighted by Gasteiger charge is -2.33. The highest BCUT2D eigenvalue weighted by molar-refractivity contribution is 7.88. The molecule has 0 spiro atoms. The number of sulfonamides is 1. The molecule has 23 heavy (non-hydrogen) atoms. The fraction of sp³-hybridized carbons (Fsp3) is 0.500. The van der Waals surface area contributed by atoms with Crippen molar-refractivity contribution >= 4 is 21.7 Å². The average molecular weight is 345 g/mol. The van der Waals surface area contributed by atoms with Crippen molar-refractivity contribution in [2.24, 2.45) is 5.92 Å². The molecule has 2 fully saturated rings. The van der Waals surface area contributed by atoms with Crippen LogP contribution in [0.5, 0.6) is 0 Å². The number of anilines is 1. The van der Waals surface area contributed by atoms with E-state index < -0.39 is 27.7 Å². The highest BCUT2D eigenvalue weighted by Crippen LogP contribution is 2.38. The number of hydrogen-bond acceptors (Lipinski definition) is 3. The summed E-state index contributed by atoms with van der Waals surface area (Å²) in [7, 11) is -3.36. The lowest BCUT2D eigenvalue weighted by Crippen LogP contribution is -2.52. The van der Waals surface area contributed by atoms with E-state index in [2.05, 4.69) is 10.0 Å². The van der Waals surface area contributed by atoms with Gasteiger partial charge >= 0.3 is 6.03 Å². The van der Waals surface area contributed by atoms with Crippen molar-refractivity contribution in [3.05, 3.63) is 29.8 Å². The Kier molecular flexibility index (Phi) is 4.01. The maximum absolute atomic E-state index is 13.6. The summed E-state index contributed by atoms with van der Waals surface area (Å²) in [5.74, 6) is -1.35. The van der Waals surface area contributed by atoms with E-state index in [0.29, 0.717) is 25.5 Å². The molecule has 1 aromatic carbocycles. The number of hydrogen-bond donors (Lipinski definition) is 2. The van der Waals surface area contributed by atoms with Crippen LogP contribution in [-0.2, 0) is 10.0 Å². The van der Waals surface area contributed by atoms with E-state index in [0.717, 1.165) is 18.4 Å². The molecule has 2 N–H and O–H groups in total. The number of benzene rings is 1. The molecule has 1 saturated heterocycles. The van der Waals surface area contributed by atoms with Crippen LogP contribution in [0.1, 0.15) is 12.8 Å². The Morgan fingerprint density at radius 1 is 1.30 bits per heavy atom. The number of likely N-dealkylation sites (tertiary alicyclic amines) is 1. The zero-order valence-corrected chi connectivity index (χ0v) is 13.2. The van der Waals surface area contributed by atoms with Crippen molar-refractivity contribution in [3.8, 4) is 0 Å². The lowest BCUT2D eigenvalue weighted by molar-refractivity contribution is 0.183. The van der Waals surface area contributed by atoms with E-state index in [1.165, 1.54) is 4.90 Å². The number of nitrogens with one attached hydrogen (secondary N) is 2. The number of amides is 2. The smallest absolute Gasteiger partial charge is 0.320 e. The van der Waals surface area contributed by atoms with Gasteiger partial charge in [0.2, 0.25) is 10.0 Å². The molecule has 0 unspecified atom stereocenters. The zero-order valence-electron chi connectivity index (χ0n) is 12.4. The van der Waals surface area contributed by atoms with Gasteiger partial charge < -0.3 is 10.2 Å². The summed E-state index contributed by atoms with van der Waals surface area (Å²) in [5, 5.41) is 2.42. The molecule has 2 amide bonds. The van der Waals surface area contributed by atoms with Gasteiger partial charge in [0.05, 0.1) is 18.0 Å². The second kappa shape index (κ2) is 5.72. The SMILES string of the molecule is CS(=O)(=O)N[C@H]1C[C@@H]2C[C@H]1N(C(=O)Nc1ccc(F)cc1F)C2. The van der Waals surface area contributed by atoms with Crippen molar-refractivity contribution in [1.82, 2.24) is 9.62 Å². The molecule has 1 aliphatic carbocycles. The van der Waals surface area contributed by atoms with Crippen LogP contribution >= 0.6 is 0 Å². The first-order valence-electron chi connectivity index (χ1n) is 7.23. The molecular formula is C14H17F2N3O3S. The first kappa shape index (κ1) is 16.1. The number of carbonyl (C=O) groups is 1. The minimum atomic E-state index is -3.36. The van der Waals surface area contributed by atoms with Gasteiger partial charge in [-0.1, -0.05) is 0 Å². The van der Waals surface area contributed by atoms with E-state index in [9.17, 15) is 22.0 Å². The van der Waals surface area contributed by atoms with Crippen molar-refractivity contribution in [2.45, 2.75) is 24.9 Å². The summed E-state index contributed by atoms with van der Waals surface area (Å²) >= 11 is 0. The molecule has 9 heteroatoms. The summed E-state index contributed by atoms with van der Waals surface area (Å²) in [5.41, 5.74) is -0.105.